The standard InChI is InChI=1S/C26H25NO6/c1-15-11-16(2)25(32-4)19(12-15)23(28)21-22(20-9-6-10-33-20)27(26(30)24(21)29)14-17-7-5-8-18(13-17)31-3/h5-13,22,28H,14H2,1-4H3/b23-21-. The lowest BCUT2D eigenvalue weighted by Crippen LogP contribution is -2.29. The molecule has 1 atom stereocenters. The number of hydrogen-bond donors (Lipinski definition) is 1. The van der Waals surface area contributed by atoms with Crippen molar-refractivity contribution in [2.24, 2.45) is 0 Å². The van der Waals surface area contributed by atoms with Crippen LogP contribution < -0.4 is 9.47 Å². The fourth-order valence-electron chi connectivity index (χ4n) is 4.30. The molecule has 1 N–H and O–H groups in total. The SMILES string of the molecule is COc1cccc(CN2C(=O)C(=O)/C(=C(\O)c3cc(C)cc(C)c3OC)C2c2ccco2)c1. The number of aliphatic hydroxyl groups is 1. The van der Waals surface area contributed by atoms with Gasteiger partial charge in [0.25, 0.3) is 11.7 Å². The zero-order valence-corrected chi connectivity index (χ0v) is 18.9. The molecule has 0 spiro atoms. The Morgan fingerprint density at radius 2 is 1.85 bits per heavy atom. The summed E-state index contributed by atoms with van der Waals surface area (Å²) in [4.78, 5) is 27.7. The van der Waals surface area contributed by atoms with Gasteiger partial charge in [-0.2, -0.15) is 0 Å². The van der Waals surface area contributed by atoms with E-state index in [4.69, 9.17) is 13.9 Å². The molecule has 1 fully saturated rings. The number of rotatable bonds is 6. The number of carbonyl (C=O) groups excluding carboxylic acids is 2. The van der Waals surface area contributed by atoms with E-state index >= 15 is 0 Å². The Balaban J connectivity index is 1.88. The van der Waals surface area contributed by atoms with Gasteiger partial charge in [0.05, 0.1) is 31.6 Å². The van der Waals surface area contributed by atoms with Crippen LogP contribution in [0.4, 0.5) is 0 Å². The third-order valence-electron chi connectivity index (χ3n) is 5.72. The molecule has 2 heterocycles. The number of aliphatic hydroxyl groups excluding tert-OH is 1. The Bertz CT molecular complexity index is 1240. The molecule has 1 aliphatic rings. The maximum absolute atomic E-state index is 13.2. The molecular weight excluding hydrogens is 422 g/mol. The van der Waals surface area contributed by atoms with Crippen molar-refractivity contribution in [1.82, 2.24) is 4.90 Å². The van der Waals surface area contributed by atoms with Gasteiger partial charge in [-0.1, -0.05) is 18.2 Å². The first-order valence-electron chi connectivity index (χ1n) is 10.5. The highest BCUT2D eigenvalue weighted by molar-refractivity contribution is 6.46. The van der Waals surface area contributed by atoms with Gasteiger partial charge in [0.2, 0.25) is 0 Å². The van der Waals surface area contributed by atoms with Crippen LogP contribution in [-0.2, 0) is 16.1 Å². The van der Waals surface area contributed by atoms with Gasteiger partial charge in [0.1, 0.15) is 29.1 Å². The number of ketones is 1. The van der Waals surface area contributed by atoms with Crippen LogP contribution in [0.1, 0.15) is 34.1 Å². The first-order valence-corrected chi connectivity index (χ1v) is 10.5. The Morgan fingerprint density at radius 3 is 2.52 bits per heavy atom. The zero-order chi connectivity index (χ0) is 23.7. The van der Waals surface area contributed by atoms with Crippen molar-refractivity contribution >= 4 is 17.4 Å². The number of likely N-dealkylation sites (tertiary alicyclic amines) is 1. The number of amides is 1. The number of nitrogens with zero attached hydrogens (tertiary/aromatic N) is 1. The second-order valence-electron chi connectivity index (χ2n) is 7.96. The van der Waals surface area contributed by atoms with Crippen LogP contribution in [0.2, 0.25) is 0 Å². The molecule has 1 aliphatic heterocycles. The van der Waals surface area contributed by atoms with Crippen molar-refractivity contribution in [2.75, 3.05) is 14.2 Å². The third kappa shape index (κ3) is 3.98. The molecular formula is C26H25NO6. The van der Waals surface area contributed by atoms with Gasteiger partial charge in [-0.15, -0.1) is 0 Å². The van der Waals surface area contributed by atoms with Crippen LogP contribution in [0.25, 0.3) is 5.76 Å². The molecule has 1 saturated heterocycles. The molecule has 33 heavy (non-hydrogen) atoms. The van der Waals surface area contributed by atoms with E-state index in [2.05, 4.69) is 0 Å². The lowest BCUT2D eigenvalue weighted by Gasteiger charge is -2.24. The van der Waals surface area contributed by atoms with Crippen LogP contribution in [0.3, 0.4) is 0 Å². The van der Waals surface area contributed by atoms with E-state index in [9.17, 15) is 14.7 Å². The summed E-state index contributed by atoms with van der Waals surface area (Å²) >= 11 is 0. The third-order valence-corrected chi connectivity index (χ3v) is 5.72. The fourth-order valence-corrected chi connectivity index (χ4v) is 4.30. The molecule has 4 rings (SSSR count). The topological polar surface area (TPSA) is 89.2 Å². The number of methoxy groups -OCH3 is 2. The summed E-state index contributed by atoms with van der Waals surface area (Å²) in [6, 6.07) is 13.4. The second-order valence-corrected chi connectivity index (χ2v) is 7.96. The minimum Gasteiger partial charge on any atom is -0.507 e. The number of ether oxygens (including phenoxy) is 2. The normalized spacial score (nSPS) is 17.5. The molecule has 1 unspecified atom stereocenters. The summed E-state index contributed by atoms with van der Waals surface area (Å²) < 4.78 is 16.4. The van der Waals surface area contributed by atoms with Crippen LogP contribution in [-0.4, -0.2) is 35.9 Å². The van der Waals surface area contributed by atoms with E-state index < -0.39 is 17.7 Å². The lowest BCUT2D eigenvalue weighted by molar-refractivity contribution is -0.140. The van der Waals surface area contributed by atoms with Crippen molar-refractivity contribution in [3.05, 3.63) is 88.4 Å². The minimum atomic E-state index is -0.892. The van der Waals surface area contributed by atoms with E-state index in [-0.39, 0.29) is 17.9 Å². The molecule has 0 aliphatic carbocycles. The van der Waals surface area contributed by atoms with E-state index in [0.29, 0.717) is 22.8 Å². The van der Waals surface area contributed by atoms with Crippen LogP contribution in [0.15, 0.2) is 64.8 Å². The van der Waals surface area contributed by atoms with E-state index in [0.717, 1.165) is 16.7 Å². The highest BCUT2D eigenvalue weighted by Crippen LogP contribution is 2.42. The monoisotopic (exact) mass is 447 g/mol. The molecule has 2 aromatic carbocycles. The van der Waals surface area contributed by atoms with Crippen molar-refractivity contribution in [3.63, 3.8) is 0 Å². The molecule has 7 nitrogen and oxygen atoms in total. The zero-order valence-electron chi connectivity index (χ0n) is 18.9. The van der Waals surface area contributed by atoms with E-state index in [1.807, 2.05) is 32.0 Å². The average Bonchev–Trinajstić information content (AvgIpc) is 3.41. The first-order chi connectivity index (χ1) is 15.8. The number of benzene rings is 2. The first kappa shape index (κ1) is 22.2. The average molecular weight is 447 g/mol. The maximum Gasteiger partial charge on any atom is 0.296 e. The van der Waals surface area contributed by atoms with Crippen molar-refractivity contribution in [3.8, 4) is 11.5 Å². The van der Waals surface area contributed by atoms with Gasteiger partial charge in [0, 0.05) is 6.54 Å². The quantitative estimate of drug-likeness (QED) is 0.339. The summed E-state index contributed by atoms with van der Waals surface area (Å²) in [5.41, 5.74) is 2.78. The maximum atomic E-state index is 13.2. The molecule has 0 radical (unpaired) electrons. The van der Waals surface area contributed by atoms with Crippen molar-refractivity contribution in [1.29, 1.82) is 0 Å². The number of furan rings is 1. The summed E-state index contributed by atoms with van der Waals surface area (Å²) in [5, 5.41) is 11.3. The van der Waals surface area contributed by atoms with Gasteiger partial charge in [-0.25, -0.2) is 0 Å². The van der Waals surface area contributed by atoms with Crippen LogP contribution >= 0.6 is 0 Å². The van der Waals surface area contributed by atoms with Crippen molar-refractivity contribution < 1.29 is 28.6 Å². The Labute approximate surface area is 191 Å². The lowest BCUT2D eigenvalue weighted by atomic mass is 9.96. The Morgan fingerprint density at radius 1 is 1.06 bits per heavy atom. The predicted octanol–water partition coefficient (Wildman–Crippen LogP) is 4.54. The summed E-state index contributed by atoms with van der Waals surface area (Å²) in [6.07, 6.45) is 1.47. The second kappa shape index (κ2) is 8.86. The summed E-state index contributed by atoms with van der Waals surface area (Å²) in [7, 11) is 3.06. The number of aryl methyl sites for hydroxylation is 2. The van der Waals surface area contributed by atoms with Gasteiger partial charge >= 0.3 is 0 Å². The van der Waals surface area contributed by atoms with Crippen molar-refractivity contribution in [2.45, 2.75) is 26.4 Å². The van der Waals surface area contributed by atoms with E-state index in [1.165, 1.54) is 18.3 Å². The highest BCUT2D eigenvalue weighted by atomic mass is 16.5. The molecule has 3 aromatic rings. The smallest absolute Gasteiger partial charge is 0.296 e. The van der Waals surface area contributed by atoms with Crippen LogP contribution in [0, 0.1) is 13.8 Å². The molecule has 170 valence electrons. The van der Waals surface area contributed by atoms with Gasteiger partial charge < -0.3 is 23.9 Å². The largest absolute Gasteiger partial charge is 0.507 e. The number of hydrogen-bond acceptors (Lipinski definition) is 6. The highest BCUT2D eigenvalue weighted by Gasteiger charge is 2.47. The predicted molar refractivity (Wildman–Crippen MR) is 122 cm³/mol. The Kier molecular flexibility index (Phi) is 5.96. The van der Waals surface area contributed by atoms with E-state index in [1.54, 1.807) is 37.4 Å². The molecule has 0 bridgehead atoms. The molecule has 1 aromatic heterocycles. The van der Waals surface area contributed by atoms with Gasteiger partial charge in [-0.05, 0) is 60.9 Å². The van der Waals surface area contributed by atoms with Gasteiger partial charge in [-0.3, -0.25) is 9.59 Å². The van der Waals surface area contributed by atoms with Crippen LogP contribution in [0.5, 0.6) is 11.5 Å². The molecule has 7 heteroatoms. The number of Topliss-reactive ketones (excluding diaryl/α,β-unsaturated/α-hetero) is 1. The number of carbonyl (C=O) groups is 2. The minimum absolute atomic E-state index is 0.0406. The fraction of sp³-hybridized carbons (Fsp3) is 0.231. The Hall–Kier alpha value is -4.00. The summed E-state index contributed by atoms with van der Waals surface area (Å²) in [6.45, 7) is 3.87. The van der Waals surface area contributed by atoms with Gasteiger partial charge in [0.15, 0.2) is 0 Å². The molecule has 1 amide bonds. The summed E-state index contributed by atoms with van der Waals surface area (Å²) in [5.74, 6) is -0.343. The molecule has 0 saturated carbocycles.